The smallest absolute Gasteiger partial charge is 0.251 e. The summed E-state index contributed by atoms with van der Waals surface area (Å²) in [5.74, 6) is 0.450. The number of methoxy groups -OCH3 is 1. The van der Waals surface area contributed by atoms with Crippen LogP contribution in [-0.4, -0.2) is 32.1 Å². The van der Waals surface area contributed by atoms with E-state index in [0.717, 1.165) is 25.9 Å². The molecule has 1 saturated heterocycles. The number of nitrogen functional groups attached to an aromatic ring is 1. The van der Waals surface area contributed by atoms with E-state index in [1.807, 2.05) is 0 Å². The average molecular weight is 249 g/mol. The Morgan fingerprint density at radius 1 is 1.56 bits per heavy atom. The minimum absolute atomic E-state index is 0.0815. The van der Waals surface area contributed by atoms with Crippen LogP contribution in [0.4, 0.5) is 5.69 Å². The summed E-state index contributed by atoms with van der Waals surface area (Å²) in [6.45, 7) is 1.86. The van der Waals surface area contributed by atoms with Crippen LogP contribution in [0, 0.1) is 0 Å². The first kappa shape index (κ1) is 12.7. The van der Waals surface area contributed by atoms with E-state index in [2.05, 4.69) is 10.6 Å². The average Bonchev–Trinajstić information content (AvgIpc) is 2.40. The standard InChI is InChI=1S/C13H19N3O2/c1-18-12-7-9(4-5-11(12)14)13(17)16-10-3-2-6-15-8-10/h4-5,7,10,15H,2-3,6,8,14H2,1H3,(H,16,17)/t10-/m0/s1. The lowest BCUT2D eigenvalue weighted by Gasteiger charge is -2.23. The monoisotopic (exact) mass is 249 g/mol. The van der Waals surface area contributed by atoms with Crippen LogP contribution in [0.2, 0.25) is 0 Å². The zero-order valence-corrected chi connectivity index (χ0v) is 10.5. The van der Waals surface area contributed by atoms with Gasteiger partial charge in [0, 0.05) is 18.2 Å². The number of nitrogens with one attached hydrogen (secondary N) is 2. The van der Waals surface area contributed by atoms with Gasteiger partial charge >= 0.3 is 0 Å². The predicted molar refractivity (Wildman–Crippen MR) is 70.8 cm³/mol. The molecule has 2 rings (SSSR count). The number of nitrogens with two attached hydrogens (primary N) is 1. The van der Waals surface area contributed by atoms with Crippen LogP contribution in [0.1, 0.15) is 23.2 Å². The SMILES string of the molecule is COc1cc(C(=O)N[C@H]2CCCNC2)ccc1N. The molecule has 18 heavy (non-hydrogen) atoms. The van der Waals surface area contributed by atoms with E-state index in [4.69, 9.17) is 10.5 Å². The Kier molecular flexibility index (Phi) is 4.04. The summed E-state index contributed by atoms with van der Waals surface area (Å²) in [7, 11) is 1.54. The molecule has 1 heterocycles. The number of carbonyl (C=O) groups excluding carboxylic acids is 1. The van der Waals surface area contributed by atoms with Gasteiger partial charge in [0.1, 0.15) is 5.75 Å². The molecule has 0 bridgehead atoms. The van der Waals surface area contributed by atoms with Crippen molar-refractivity contribution in [1.29, 1.82) is 0 Å². The third-order valence-corrected chi connectivity index (χ3v) is 3.13. The van der Waals surface area contributed by atoms with Crippen molar-refractivity contribution in [3.8, 4) is 5.75 Å². The van der Waals surface area contributed by atoms with Crippen molar-refractivity contribution in [2.24, 2.45) is 0 Å². The third kappa shape index (κ3) is 2.92. The summed E-state index contributed by atoms with van der Waals surface area (Å²) in [4.78, 5) is 12.1. The van der Waals surface area contributed by atoms with Gasteiger partial charge in [0.05, 0.1) is 12.8 Å². The van der Waals surface area contributed by atoms with Crippen LogP contribution in [0.15, 0.2) is 18.2 Å². The summed E-state index contributed by atoms with van der Waals surface area (Å²) < 4.78 is 5.11. The van der Waals surface area contributed by atoms with Gasteiger partial charge in [-0.1, -0.05) is 0 Å². The lowest BCUT2D eigenvalue weighted by Crippen LogP contribution is -2.45. The van der Waals surface area contributed by atoms with Crippen molar-refractivity contribution in [3.05, 3.63) is 23.8 Å². The Labute approximate surface area is 107 Å². The minimum atomic E-state index is -0.0815. The Morgan fingerprint density at radius 3 is 3.06 bits per heavy atom. The predicted octanol–water partition coefficient (Wildman–Crippen LogP) is 0.759. The highest BCUT2D eigenvalue weighted by atomic mass is 16.5. The first-order valence-corrected chi connectivity index (χ1v) is 6.16. The van der Waals surface area contributed by atoms with Gasteiger partial charge in [0.2, 0.25) is 0 Å². The maximum absolute atomic E-state index is 12.1. The van der Waals surface area contributed by atoms with Crippen LogP contribution >= 0.6 is 0 Å². The van der Waals surface area contributed by atoms with Gasteiger partial charge in [-0.3, -0.25) is 4.79 Å². The second-order valence-electron chi connectivity index (χ2n) is 4.47. The number of carbonyl (C=O) groups is 1. The fraction of sp³-hybridized carbons (Fsp3) is 0.462. The molecule has 0 aliphatic carbocycles. The van der Waals surface area contributed by atoms with E-state index in [-0.39, 0.29) is 11.9 Å². The lowest BCUT2D eigenvalue weighted by atomic mass is 10.1. The number of rotatable bonds is 3. The highest BCUT2D eigenvalue weighted by molar-refractivity contribution is 5.95. The van der Waals surface area contributed by atoms with Gasteiger partial charge in [0.25, 0.3) is 5.91 Å². The molecule has 5 heteroatoms. The second kappa shape index (κ2) is 5.73. The molecule has 1 atom stereocenters. The van der Waals surface area contributed by atoms with Crippen LogP contribution < -0.4 is 21.1 Å². The molecule has 0 unspecified atom stereocenters. The number of anilines is 1. The Morgan fingerprint density at radius 2 is 2.39 bits per heavy atom. The molecule has 0 radical (unpaired) electrons. The summed E-state index contributed by atoms with van der Waals surface area (Å²) in [6, 6.07) is 5.27. The molecule has 98 valence electrons. The number of ether oxygens (including phenoxy) is 1. The summed E-state index contributed by atoms with van der Waals surface area (Å²) in [6.07, 6.45) is 2.11. The van der Waals surface area contributed by atoms with Crippen LogP contribution in [0.25, 0.3) is 0 Å². The van der Waals surface area contributed by atoms with Crippen LogP contribution in [0.5, 0.6) is 5.75 Å². The molecule has 0 spiro atoms. The van der Waals surface area contributed by atoms with E-state index in [0.29, 0.717) is 17.0 Å². The van der Waals surface area contributed by atoms with E-state index in [1.165, 1.54) is 0 Å². The third-order valence-electron chi connectivity index (χ3n) is 3.13. The largest absolute Gasteiger partial charge is 0.495 e. The zero-order chi connectivity index (χ0) is 13.0. The number of hydrogen-bond donors (Lipinski definition) is 3. The molecular formula is C13H19N3O2. The maximum atomic E-state index is 12.1. The minimum Gasteiger partial charge on any atom is -0.495 e. The van der Waals surface area contributed by atoms with Gasteiger partial charge in [-0.05, 0) is 37.6 Å². The molecule has 1 aromatic carbocycles. The molecule has 0 saturated carbocycles. The lowest BCUT2D eigenvalue weighted by molar-refractivity contribution is 0.0930. The number of amides is 1. The van der Waals surface area contributed by atoms with Crippen LogP contribution in [0.3, 0.4) is 0 Å². The van der Waals surface area contributed by atoms with E-state index in [9.17, 15) is 4.79 Å². The van der Waals surface area contributed by atoms with Gasteiger partial charge in [-0.15, -0.1) is 0 Å². The summed E-state index contributed by atoms with van der Waals surface area (Å²) >= 11 is 0. The van der Waals surface area contributed by atoms with Crippen molar-refractivity contribution in [2.75, 3.05) is 25.9 Å². The molecule has 1 aliphatic heterocycles. The van der Waals surface area contributed by atoms with Gasteiger partial charge < -0.3 is 21.1 Å². The normalized spacial score (nSPS) is 19.3. The molecule has 1 aliphatic rings. The van der Waals surface area contributed by atoms with E-state index < -0.39 is 0 Å². The summed E-state index contributed by atoms with van der Waals surface area (Å²) in [5, 5.41) is 6.27. The molecule has 1 amide bonds. The number of hydrogen-bond acceptors (Lipinski definition) is 4. The molecule has 4 N–H and O–H groups in total. The first-order valence-electron chi connectivity index (χ1n) is 6.16. The molecular weight excluding hydrogens is 230 g/mol. The number of piperidine rings is 1. The van der Waals surface area contributed by atoms with Gasteiger partial charge in [0.15, 0.2) is 0 Å². The highest BCUT2D eigenvalue weighted by Crippen LogP contribution is 2.22. The molecule has 5 nitrogen and oxygen atoms in total. The molecule has 0 aromatic heterocycles. The Hall–Kier alpha value is -1.75. The molecule has 1 aromatic rings. The van der Waals surface area contributed by atoms with Crippen molar-refractivity contribution >= 4 is 11.6 Å². The van der Waals surface area contributed by atoms with Crippen molar-refractivity contribution < 1.29 is 9.53 Å². The maximum Gasteiger partial charge on any atom is 0.251 e. The zero-order valence-electron chi connectivity index (χ0n) is 10.5. The fourth-order valence-electron chi connectivity index (χ4n) is 2.10. The van der Waals surface area contributed by atoms with Gasteiger partial charge in [-0.25, -0.2) is 0 Å². The highest BCUT2D eigenvalue weighted by Gasteiger charge is 2.16. The van der Waals surface area contributed by atoms with Crippen molar-refractivity contribution in [2.45, 2.75) is 18.9 Å². The number of benzene rings is 1. The topological polar surface area (TPSA) is 76.4 Å². The van der Waals surface area contributed by atoms with Gasteiger partial charge in [-0.2, -0.15) is 0 Å². The Balaban J connectivity index is 2.03. The van der Waals surface area contributed by atoms with Crippen LogP contribution in [-0.2, 0) is 0 Å². The van der Waals surface area contributed by atoms with Crippen molar-refractivity contribution in [3.63, 3.8) is 0 Å². The molecule has 1 fully saturated rings. The second-order valence-corrected chi connectivity index (χ2v) is 4.47. The van der Waals surface area contributed by atoms with E-state index in [1.54, 1.807) is 25.3 Å². The Bertz CT molecular complexity index is 428. The quantitative estimate of drug-likeness (QED) is 0.691. The van der Waals surface area contributed by atoms with E-state index >= 15 is 0 Å². The summed E-state index contributed by atoms with van der Waals surface area (Å²) in [5.41, 5.74) is 6.83. The van der Waals surface area contributed by atoms with Crippen molar-refractivity contribution in [1.82, 2.24) is 10.6 Å². The first-order chi connectivity index (χ1) is 8.70. The fourth-order valence-corrected chi connectivity index (χ4v) is 2.10.